The molecule has 108 valence electrons. The van der Waals surface area contributed by atoms with Gasteiger partial charge in [-0.25, -0.2) is 0 Å². The lowest BCUT2D eigenvalue weighted by Gasteiger charge is -2.16. The summed E-state index contributed by atoms with van der Waals surface area (Å²) in [5.74, 6) is 5.71. The van der Waals surface area contributed by atoms with Crippen LogP contribution in [0.1, 0.15) is 23.6 Å². The smallest absolute Gasteiger partial charge is 0.0890 e. The van der Waals surface area contributed by atoms with Gasteiger partial charge < -0.3 is 0 Å². The van der Waals surface area contributed by atoms with E-state index in [9.17, 15) is 0 Å². The van der Waals surface area contributed by atoms with Gasteiger partial charge in [0.25, 0.3) is 0 Å². The number of nitrogens with zero attached hydrogens (tertiary/aromatic N) is 4. The molecule has 2 heterocycles. The van der Waals surface area contributed by atoms with E-state index in [1.807, 2.05) is 42.3 Å². The third-order valence-corrected chi connectivity index (χ3v) is 3.58. The molecule has 0 saturated heterocycles. The molecule has 1 aromatic carbocycles. The van der Waals surface area contributed by atoms with Gasteiger partial charge in [-0.2, -0.15) is 5.10 Å². The third-order valence-electron chi connectivity index (χ3n) is 3.58. The summed E-state index contributed by atoms with van der Waals surface area (Å²) in [6, 6.07) is 6.14. The van der Waals surface area contributed by atoms with Crippen molar-refractivity contribution in [3.63, 3.8) is 0 Å². The van der Waals surface area contributed by atoms with Crippen LogP contribution in [0.4, 0.5) is 0 Å². The van der Waals surface area contributed by atoms with Crippen LogP contribution in [0.15, 0.2) is 43.0 Å². The summed E-state index contributed by atoms with van der Waals surface area (Å²) in [5, 5.41) is 4.18. The first-order valence-corrected chi connectivity index (χ1v) is 6.90. The van der Waals surface area contributed by atoms with Crippen LogP contribution in [-0.2, 0) is 13.5 Å². The van der Waals surface area contributed by atoms with Crippen LogP contribution in [0.5, 0.6) is 0 Å². The molecule has 0 spiro atoms. The van der Waals surface area contributed by atoms with Crippen molar-refractivity contribution < 1.29 is 0 Å². The minimum atomic E-state index is 0.0802. The summed E-state index contributed by atoms with van der Waals surface area (Å²) >= 11 is 0. The fourth-order valence-electron chi connectivity index (χ4n) is 2.46. The molecule has 1 atom stereocenters. The zero-order valence-electron chi connectivity index (χ0n) is 11.9. The van der Waals surface area contributed by atoms with Crippen molar-refractivity contribution in [2.45, 2.75) is 18.9 Å². The van der Waals surface area contributed by atoms with E-state index in [-0.39, 0.29) is 6.04 Å². The molecule has 1 unspecified atom stereocenters. The van der Waals surface area contributed by atoms with E-state index in [1.165, 1.54) is 5.56 Å². The van der Waals surface area contributed by atoms with Crippen LogP contribution in [-0.4, -0.2) is 19.7 Å². The zero-order chi connectivity index (χ0) is 14.7. The molecule has 3 rings (SSSR count). The Balaban J connectivity index is 1.77. The van der Waals surface area contributed by atoms with E-state index in [2.05, 4.69) is 20.5 Å². The summed E-state index contributed by atoms with van der Waals surface area (Å²) in [7, 11) is 1.92. The van der Waals surface area contributed by atoms with Crippen LogP contribution >= 0.6 is 0 Å². The molecule has 6 heteroatoms. The fourth-order valence-corrected chi connectivity index (χ4v) is 2.46. The van der Waals surface area contributed by atoms with Gasteiger partial charge in [-0.05, 0) is 36.1 Å². The highest BCUT2D eigenvalue weighted by atomic mass is 15.2. The molecule has 6 nitrogen and oxygen atoms in total. The molecule has 2 aromatic heterocycles. The maximum absolute atomic E-state index is 5.71. The molecule has 0 saturated carbocycles. The van der Waals surface area contributed by atoms with Gasteiger partial charge in [0.05, 0.1) is 17.2 Å². The van der Waals surface area contributed by atoms with Crippen LogP contribution in [0.25, 0.3) is 11.0 Å². The van der Waals surface area contributed by atoms with Crippen molar-refractivity contribution in [3.05, 3.63) is 54.1 Å². The van der Waals surface area contributed by atoms with Crippen molar-refractivity contribution in [3.8, 4) is 0 Å². The standard InChI is InChI=1S/C15H18N6/c1-21-10-11(9-19-21)2-4-13(20-16)12-3-5-14-15(8-12)18-7-6-17-14/h3,5-10,13,20H,2,4,16H2,1H3. The fraction of sp³-hybridized carbons (Fsp3) is 0.267. The number of hydrogen-bond donors (Lipinski definition) is 2. The van der Waals surface area contributed by atoms with E-state index in [0.29, 0.717) is 0 Å². The van der Waals surface area contributed by atoms with Gasteiger partial charge >= 0.3 is 0 Å². The topological polar surface area (TPSA) is 81.7 Å². The Kier molecular flexibility index (Phi) is 3.89. The van der Waals surface area contributed by atoms with Crippen LogP contribution in [0.3, 0.4) is 0 Å². The predicted molar refractivity (Wildman–Crippen MR) is 81.1 cm³/mol. The van der Waals surface area contributed by atoms with Crippen molar-refractivity contribution >= 4 is 11.0 Å². The number of hydrazine groups is 1. The quantitative estimate of drug-likeness (QED) is 0.547. The Morgan fingerprint density at radius 1 is 1.24 bits per heavy atom. The second kappa shape index (κ2) is 5.99. The first-order valence-electron chi connectivity index (χ1n) is 6.90. The van der Waals surface area contributed by atoms with Crippen molar-refractivity contribution in [2.75, 3.05) is 0 Å². The number of hydrogen-bond acceptors (Lipinski definition) is 5. The Morgan fingerprint density at radius 3 is 2.76 bits per heavy atom. The lowest BCUT2D eigenvalue weighted by molar-refractivity contribution is 0.516. The normalized spacial score (nSPS) is 12.7. The second-order valence-corrected chi connectivity index (χ2v) is 5.08. The Morgan fingerprint density at radius 2 is 2.05 bits per heavy atom. The lowest BCUT2D eigenvalue weighted by atomic mass is 10.0. The number of rotatable bonds is 5. The van der Waals surface area contributed by atoms with Crippen molar-refractivity contribution in [2.24, 2.45) is 12.9 Å². The number of fused-ring (bicyclic) bond motifs is 1. The average Bonchev–Trinajstić information content (AvgIpc) is 2.93. The number of aromatic nitrogens is 4. The van der Waals surface area contributed by atoms with Crippen molar-refractivity contribution in [1.82, 2.24) is 25.2 Å². The highest BCUT2D eigenvalue weighted by Crippen LogP contribution is 2.21. The van der Waals surface area contributed by atoms with Gasteiger partial charge in [-0.3, -0.25) is 25.9 Å². The molecule has 0 amide bonds. The van der Waals surface area contributed by atoms with Gasteiger partial charge in [0.1, 0.15) is 0 Å². The molecule has 0 aliphatic heterocycles. The molecule has 3 aromatic rings. The molecule has 0 aliphatic carbocycles. The Hall–Kier alpha value is -2.31. The molecule has 3 N–H and O–H groups in total. The molecule has 0 bridgehead atoms. The summed E-state index contributed by atoms with van der Waals surface area (Å²) in [6.07, 6.45) is 9.13. The number of nitrogens with two attached hydrogens (primary N) is 1. The van der Waals surface area contributed by atoms with Gasteiger partial charge in [0, 0.05) is 31.7 Å². The van der Waals surface area contributed by atoms with Crippen molar-refractivity contribution in [1.29, 1.82) is 0 Å². The predicted octanol–water partition coefficient (Wildman–Crippen LogP) is 1.50. The van der Waals surface area contributed by atoms with Gasteiger partial charge in [-0.1, -0.05) is 6.07 Å². The Labute approximate surface area is 123 Å². The largest absolute Gasteiger partial charge is 0.276 e. The van der Waals surface area contributed by atoms with Gasteiger partial charge in [0.2, 0.25) is 0 Å². The molecular weight excluding hydrogens is 264 g/mol. The van der Waals surface area contributed by atoms with Gasteiger partial charge in [-0.15, -0.1) is 0 Å². The minimum absolute atomic E-state index is 0.0802. The molecular formula is C15H18N6. The summed E-state index contributed by atoms with van der Waals surface area (Å²) < 4.78 is 1.81. The molecule has 0 aliphatic rings. The van der Waals surface area contributed by atoms with Crippen LogP contribution < -0.4 is 11.3 Å². The number of nitrogens with one attached hydrogen (secondary N) is 1. The lowest BCUT2D eigenvalue weighted by Crippen LogP contribution is -2.28. The van der Waals surface area contributed by atoms with E-state index in [1.54, 1.807) is 12.4 Å². The molecule has 0 fully saturated rings. The van der Waals surface area contributed by atoms with E-state index >= 15 is 0 Å². The molecule has 0 radical (unpaired) electrons. The first kappa shape index (κ1) is 13.7. The highest BCUT2D eigenvalue weighted by molar-refractivity contribution is 5.74. The second-order valence-electron chi connectivity index (χ2n) is 5.08. The summed E-state index contributed by atoms with van der Waals surface area (Å²) in [6.45, 7) is 0. The maximum Gasteiger partial charge on any atom is 0.0890 e. The average molecular weight is 282 g/mol. The first-order chi connectivity index (χ1) is 10.3. The highest BCUT2D eigenvalue weighted by Gasteiger charge is 2.11. The maximum atomic E-state index is 5.71. The van der Waals surface area contributed by atoms with E-state index < -0.39 is 0 Å². The van der Waals surface area contributed by atoms with Crippen LogP contribution in [0, 0.1) is 0 Å². The Bertz CT molecular complexity index is 736. The van der Waals surface area contributed by atoms with Gasteiger partial charge in [0.15, 0.2) is 0 Å². The molecule has 21 heavy (non-hydrogen) atoms. The SMILES string of the molecule is Cn1cc(CCC(NN)c2ccc3nccnc3c2)cn1. The van der Waals surface area contributed by atoms with Crippen LogP contribution in [0.2, 0.25) is 0 Å². The zero-order valence-corrected chi connectivity index (χ0v) is 11.9. The number of aryl methyl sites for hydroxylation is 2. The minimum Gasteiger partial charge on any atom is -0.276 e. The summed E-state index contributed by atoms with van der Waals surface area (Å²) in [4.78, 5) is 8.61. The summed E-state index contributed by atoms with van der Waals surface area (Å²) in [5.41, 5.74) is 6.99. The monoisotopic (exact) mass is 282 g/mol. The van der Waals surface area contributed by atoms with E-state index in [0.717, 1.165) is 29.4 Å². The number of benzene rings is 1. The van der Waals surface area contributed by atoms with E-state index in [4.69, 9.17) is 5.84 Å². The third kappa shape index (κ3) is 3.07.